The van der Waals surface area contributed by atoms with Crippen LogP contribution < -0.4 is 0 Å². The first-order valence-electron chi connectivity index (χ1n) is 42.3. The molecular weight excluding hydrogens is 1450 g/mol. The lowest BCUT2D eigenvalue weighted by atomic mass is 10.0. The molecule has 112 heavy (non-hydrogen) atoms. The minimum Gasteiger partial charge on any atom is -0.462 e. The van der Waals surface area contributed by atoms with Gasteiger partial charge in [0.05, 0.1) is 26.4 Å². The van der Waals surface area contributed by atoms with E-state index < -0.39 is 97.5 Å². The Morgan fingerprint density at radius 1 is 0.259 bits per heavy atom. The van der Waals surface area contributed by atoms with E-state index in [2.05, 4.69) is 198 Å². The second-order valence-electron chi connectivity index (χ2n) is 27.3. The number of carbonyl (C=O) groups excluding carboxylic acids is 4. The third kappa shape index (κ3) is 81.6. The number of aliphatic hydroxyl groups excluding tert-OH is 1. The summed E-state index contributed by atoms with van der Waals surface area (Å²) in [6.45, 7) is 4.32. The van der Waals surface area contributed by atoms with E-state index in [0.29, 0.717) is 38.5 Å². The van der Waals surface area contributed by atoms with Gasteiger partial charge in [0.25, 0.3) is 0 Å². The lowest BCUT2D eigenvalue weighted by Gasteiger charge is -2.21. The van der Waals surface area contributed by atoms with Crippen LogP contribution in [0.4, 0.5) is 0 Å². The SMILES string of the molecule is CC/C=C\C/C=C\C/C=C\C/C=C\C/C=C\C/C=C\CCC(=O)OC[C@H](COP(=O)(O)OC[C@@H](O)COP(=O)(O)OC[C@@H](COC(=O)CCCCCCCCCCCCCCCCC)OC(=O)CC/C=C\C/C=C\C/C=C\C/C=C\C/C=C\C/C=C\CC)OC(=O)CCCCC/C=C\C/C=C\C/C=C\C/C=C\C/C=C\CC. The molecule has 0 rings (SSSR count). The van der Waals surface area contributed by atoms with Crippen molar-refractivity contribution in [3.8, 4) is 0 Å². The maximum atomic E-state index is 13.1. The number of phosphoric ester groups is 2. The predicted molar refractivity (Wildman–Crippen MR) is 463 cm³/mol. The van der Waals surface area contributed by atoms with Crippen LogP contribution in [0.1, 0.15) is 297 Å². The van der Waals surface area contributed by atoms with Crippen LogP contribution >= 0.6 is 15.6 Å². The highest BCUT2D eigenvalue weighted by atomic mass is 31.2. The highest BCUT2D eigenvalue weighted by Gasteiger charge is 2.30. The molecule has 0 aromatic heterocycles. The van der Waals surface area contributed by atoms with Gasteiger partial charge in [0.15, 0.2) is 12.2 Å². The molecule has 0 bridgehead atoms. The molecule has 0 aromatic rings. The standard InChI is InChI=1S/C93H148O17P2/c1-5-9-13-17-21-25-29-33-37-40-43-46-50-54-58-62-66-70-74-78-91(96)104-84-89(110-93(98)80-76-72-68-64-60-56-52-48-45-42-39-35-31-27-23-19-15-11-7-3)86-108-112(101,102)106-82-87(94)81-105-111(99,100)107-85-88(83-103-90(95)77-73-69-65-61-57-53-49-36-32-28-24-20-16-12-8-4)109-92(97)79-75-71-67-63-59-55-51-47-44-41-38-34-30-26-22-18-14-10-6-2/h9-11,13-15,21-23,25-27,33-35,37-39,43-48,54-56,58-60,66-67,70-71,87-89,94H,5-8,12,16-20,24,28-32,36,40-42,49-53,57,61-65,68-69,72-86H2,1-4H3,(H,99,100)(H,101,102)/b13-9-,14-10-,15-11-,25-21-,26-22-,27-23-,37-33-,38-34-,39-35-,46-43-,47-44-,48-45-,58-54-,59-55-,60-56-,70-66-,71-67-/t87-,88+,89+/m0/s1. The highest BCUT2D eigenvalue weighted by Crippen LogP contribution is 2.45. The van der Waals surface area contributed by atoms with Gasteiger partial charge in [0.1, 0.15) is 19.3 Å². The summed E-state index contributed by atoms with van der Waals surface area (Å²) in [5.74, 6) is -2.42. The van der Waals surface area contributed by atoms with Crippen molar-refractivity contribution < 1.29 is 80.2 Å². The van der Waals surface area contributed by atoms with E-state index in [-0.39, 0.29) is 25.7 Å². The Hall–Kier alpha value is -6.36. The zero-order valence-electron chi connectivity index (χ0n) is 69.3. The molecule has 5 atom stereocenters. The fraction of sp³-hybridized carbons (Fsp3) is 0.591. The maximum absolute atomic E-state index is 13.1. The Labute approximate surface area is 678 Å². The highest BCUT2D eigenvalue weighted by molar-refractivity contribution is 7.47. The Bertz CT molecular complexity index is 2940. The van der Waals surface area contributed by atoms with Crippen LogP contribution in [-0.4, -0.2) is 96.7 Å². The van der Waals surface area contributed by atoms with Gasteiger partial charge < -0.3 is 33.8 Å². The molecule has 0 amide bonds. The van der Waals surface area contributed by atoms with Crippen molar-refractivity contribution in [2.24, 2.45) is 0 Å². The number of hydrogen-bond acceptors (Lipinski definition) is 15. The summed E-state index contributed by atoms with van der Waals surface area (Å²) in [5.41, 5.74) is 0. The third-order valence-electron chi connectivity index (χ3n) is 16.8. The van der Waals surface area contributed by atoms with Crippen LogP contribution in [0.15, 0.2) is 207 Å². The lowest BCUT2D eigenvalue weighted by molar-refractivity contribution is -0.161. The quantitative estimate of drug-likeness (QED) is 0.0169. The summed E-state index contributed by atoms with van der Waals surface area (Å²) < 4.78 is 68.6. The molecule has 19 heteroatoms. The molecule has 3 N–H and O–H groups in total. The Balaban J connectivity index is 5.57. The van der Waals surface area contributed by atoms with Gasteiger partial charge in [-0.1, -0.05) is 331 Å². The van der Waals surface area contributed by atoms with Crippen LogP contribution in [0.2, 0.25) is 0 Å². The van der Waals surface area contributed by atoms with Crippen molar-refractivity contribution >= 4 is 39.5 Å². The number of ether oxygens (including phenoxy) is 4. The summed E-state index contributed by atoms with van der Waals surface area (Å²) in [6, 6.07) is 0. The van der Waals surface area contributed by atoms with Crippen molar-refractivity contribution in [3.05, 3.63) is 207 Å². The van der Waals surface area contributed by atoms with E-state index in [1.54, 1.807) is 0 Å². The summed E-state index contributed by atoms with van der Waals surface area (Å²) in [6.07, 6.45) is 104. The largest absolute Gasteiger partial charge is 0.472 e. The van der Waals surface area contributed by atoms with Gasteiger partial charge in [-0.3, -0.25) is 37.3 Å². The average molecular weight is 1600 g/mol. The number of carbonyl (C=O) groups is 4. The normalized spacial score (nSPS) is 14.8. The molecule has 0 spiro atoms. The van der Waals surface area contributed by atoms with Crippen LogP contribution in [0, 0.1) is 0 Å². The molecule has 0 fully saturated rings. The molecule has 2 unspecified atom stereocenters. The second kappa shape index (κ2) is 82.6. The molecule has 0 aliphatic carbocycles. The van der Waals surface area contributed by atoms with Crippen LogP contribution in [0.3, 0.4) is 0 Å². The van der Waals surface area contributed by atoms with Gasteiger partial charge in [-0.25, -0.2) is 9.13 Å². The zero-order chi connectivity index (χ0) is 81.7. The minimum absolute atomic E-state index is 0.0182. The Morgan fingerprint density at radius 3 is 0.786 bits per heavy atom. The van der Waals surface area contributed by atoms with Crippen molar-refractivity contribution in [1.82, 2.24) is 0 Å². The van der Waals surface area contributed by atoms with Crippen molar-refractivity contribution in [2.75, 3.05) is 39.6 Å². The van der Waals surface area contributed by atoms with E-state index in [1.165, 1.54) is 64.2 Å². The lowest BCUT2D eigenvalue weighted by Crippen LogP contribution is -2.30. The molecule has 0 aromatic carbocycles. The average Bonchev–Trinajstić information content (AvgIpc) is 0.908. The van der Waals surface area contributed by atoms with E-state index in [9.17, 15) is 43.2 Å². The number of esters is 4. The van der Waals surface area contributed by atoms with Crippen LogP contribution in [-0.2, 0) is 65.4 Å². The molecule has 0 heterocycles. The Morgan fingerprint density at radius 2 is 0.482 bits per heavy atom. The molecule has 0 saturated heterocycles. The molecule has 0 saturated carbocycles. The Kier molecular flexibility index (Phi) is 77.9. The second-order valence-corrected chi connectivity index (χ2v) is 30.2. The first-order valence-corrected chi connectivity index (χ1v) is 45.3. The van der Waals surface area contributed by atoms with Crippen molar-refractivity contribution in [1.29, 1.82) is 0 Å². The number of aliphatic hydroxyl groups is 1. The minimum atomic E-state index is -5.03. The smallest absolute Gasteiger partial charge is 0.462 e. The van der Waals surface area contributed by atoms with E-state index in [1.807, 2.05) is 36.5 Å². The van der Waals surface area contributed by atoms with Crippen LogP contribution in [0.5, 0.6) is 0 Å². The monoisotopic (exact) mass is 1600 g/mol. The van der Waals surface area contributed by atoms with Gasteiger partial charge in [0.2, 0.25) is 0 Å². The topological polar surface area (TPSA) is 237 Å². The van der Waals surface area contributed by atoms with Gasteiger partial charge >= 0.3 is 39.5 Å². The number of unbranched alkanes of at least 4 members (excludes halogenated alkanes) is 17. The fourth-order valence-electron chi connectivity index (χ4n) is 10.5. The van der Waals surface area contributed by atoms with E-state index >= 15 is 0 Å². The van der Waals surface area contributed by atoms with E-state index in [0.717, 1.165) is 141 Å². The van der Waals surface area contributed by atoms with Gasteiger partial charge in [-0.15, -0.1) is 0 Å². The number of phosphoric acid groups is 2. The molecular formula is C93H148O17P2. The van der Waals surface area contributed by atoms with Crippen molar-refractivity contribution in [2.45, 2.75) is 316 Å². The fourth-order valence-corrected chi connectivity index (χ4v) is 12.1. The van der Waals surface area contributed by atoms with Crippen LogP contribution in [0.25, 0.3) is 0 Å². The number of allylic oxidation sites excluding steroid dienone is 34. The van der Waals surface area contributed by atoms with E-state index in [4.69, 9.17) is 37.0 Å². The van der Waals surface area contributed by atoms with Gasteiger partial charge in [-0.2, -0.15) is 0 Å². The maximum Gasteiger partial charge on any atom is 0.472 e. The summed E-state index contributed by atoms with van der Waals surface area (Å²) in [5, 5.41) is 10.7. The third-order valence-corrected chi connectivity index (χ3v) is 18.7. The number of rotatable bonds is 77. The van der Waals surface area contributed by atoms with Gasteiger partial charge in [0, 0.05) is 25.7 Å². The molecule has 632 valence electrons. The summed E-state index contributed by atoms with van der Waals surface area (Å²) in [7, 11) is -10.0. The first-order chi connectivity index (χ1) is 54.7. The molecule has 0 aliphatic rings. The number of hydrogen-bond donors (Lipinski definition) is 3. The van der Waals surface area contributed by atoms with Gasteiger partial charge in [-0.05, 0) is 148 Å². The molecule has 0 aliphatic heterocycles. The molecule has 17 nitrogen and oxygen atoms in total. The van der Waals surface area contributed by atoms with Crippen molar-refractivity contribution in [3.63, 3.8) is 0 Å². The summed E-state index contributed by atoms with van der Waals surface area (Å²) >= 11 is 0. The summed E-state index contributed by atoms with van der Waals surface area (Å²) in [4.78, 5) is 73.2. The first kappa shape index (κ1) is 106. The molecule has 0 radical (unpaired) electrons. The predicted octanol–water partition coefficient (Wildman–Crippen LogP) is 25.4. The zero-order valence-corrected chi connectivity index (χ0v) is 71.0.